The lowest BCUT2D eigenvalue weighted by atomic mass is 10.1. The number of nitrogens with zero attached hydrogens (tertiary/aromatic N) is 2. The smallest absolute Gasteiger partial charge is 0.366 e. The predicted molar refractivity (Wildman–Crippen MR) is 40.3 cm³/mol. The normalized spacial score (nSPS) is 11.4. The predicted octanol–water partition coefficient (Wildman–Crippen LogP) is 0.680. The van der Waals surface area contributed by atoms with E-state index in [-0.39, 0.29) is 5.56 Å². The minimum Gasteiger partial charge on any atom is -0.366 e. The summed E-state index contributed by atoms with van der Waals surface area (Å²) in [5, 5.41) is 6.47. The number of halogens is 3. The van der Waals surface area contributed by atoms with Crippen molar-refractivity contribution < 1.29 is 18.0 Å². The van der Waals surface area contributed by atoms with Gasteiger partial charge in [-0.15, -0.1) is 0 Å². The molecule has 0 unspecified atom stereocenters. The van der Waals surface area contributed by atoms with Gasteiger partial charge in [0.15, 0.2) is 0 Å². The largest absolute Gasteiger partial charge is 0.394 e. The van der Waals surface area contributed by atoms with Crippen molar-refractivity contribution in [2.45, 2.75) is 12.6 Å². The van der Waals surface area contributed by atoms with Crippen molar-refractivity contribution in [1.29, 1.82) is 0 Å². The van der Waals surface area contributed by atoms with Crippen LogP contribution in [0.15, 0.2) is 12.3 Å². The summed E-state index contributed by atoms with van der Waals surface area (Å²) in [6, 6.07) is 1.11. The fourth-order valence-corrected chi connectivity index (χ4v) is 0.906. The van der Waals surface area contributed by atoms with Crippen LogP contribution in [0, 0.1) is 0 Å². The molecule has 0 aromatic carbocycles. The highest BCUT2D eigenvalue weighted by Gasteiger charge is 2.30. The van der Waals surface area contributed by atoms with E-state index >= 15 is 0 Å². The highest BCUT2D eigenvalue weighted by molar-refractivity contribution is 5.93. The number of amides is 1. The number of nitrogens with two attached hydrogens (primary N) is 1. The Morgan fingerprint density at radius 1 is 1.50 bits per heavy atom. The van der Waals surface area contributed by atoms with Crippen LogP contribution in [-0.2, 0) is 6.42 Å². The molecule has 0 aliphatic rings. The van der Waals surface area contributed by atoms with Crippen molar-refractivity contribution in [3.8, 4) is 0 Å². The maximum Gasteiger partial charge on any atom is 0.394 e. The van der Waals surface area contributed by atoms with Gasteiger partial charge in [-0.25, -0.2) is 0 Å². The van der Waals surface area contributed by atoms with Gasteiger partial charge in [0.25, 0.3) is 5.91 Å². The quantitative estimate of drug-likeness (QED) is 0.771. The summed E-state index contributed by atoms with van der Waals surface area (Å²) in [4.78, 5) is 10.7. The molecule has 0 radical (unpaired) electrons. The summed E-state index contributed by atoms with van der Waals surface area (Å²) in [6.07, 6.45) is -4.63. The molecule has 0 aliphatic heterocycles. The van der Waals surface area contributed by atoms with E-state index in [9.17, 15) is 18.0 Å². The number of rotatable bonds is 2. The Morgan fingerprint density at radius 2 is 2.14 bits per heavy atom. The van der Waals surface area contributed by atoms with Crippen molar-refractivity contribution in [1.82, 2.24) is 10.2 Å². The van der Waals surface area contributed by atoms with Gasteiger partial charge < -0.3 is 5.73 Å². The molecule has 0 saturated heterocycles. The Kier molecular flexibility index (Phi) is 2.68. The average molecular weight is 205 g/mol. The minimum atomic E-state index is -4.43. The van der Waals surface area contributed by atoms with Crippen molar-refractivity contribution in [3.63, 3.8) is 0 Å². The van der Waals surface area contributed by atoms with Gasteiger partial charge in [0.1, 0.15) is 0 Å². The molecule has 1 heterocycles. The second kappa shape index (κ2) is 3.60. The molecule has 1 aromatic heterocycles. The molecule has 0 spiro atoms. The van der Waals surface area contributed by atoms with Gasteiger partial charge in [-0.3, -0.25) is 4.79 Å². The molecule has 14 heavy (non-hydrogen) atoms. The molecule has 0 aliphatic carbocycles. The van der Waals surface area contributed by atoms with Crippen molar-refractivity contribution >= 4 is 5.91 Å². The van der Waals surface area contributed by atoms with Crippen LogP contribution in [0.3, 0.4) is 0 Å². The third kappa shape index (κ3) is 2.68. The summed E-state index contributed by atoms with van der Waals surface area (Å²) in [6.45, 7) is 0. The van der Waals surface area contributed by atoms with Crippen LogP contribution in [0.5, 0.6) is 0 Å². The Morgan fingerprint density at radius 3 is 2.64 bits per heavy atom. The summed E-state index contributed by atoms with van der Waals surface area (Å²) in [7, 11) is 0. The van der Waals surface area contributed by atoms with Crippen LogP contribution in [0.4, 0.5) is 13.2 Å². The number of hydrogen-bond donors (Lipinski definition) is 1. The molecule has 2 N–H and O–H groups in total. The number of aromatic nitrogens is 2. The number of hydrogen-bond acceptors (Lipinski definition) is 3. The molecule has 0 bridgehead atoms. The first-order valence-electron chi connectivity index (χ1n) is 3.57. The maximum atomic E-state index is 12.0. The fourth-order valence-electron chi connectivity index (χ4n) is 0.906. The second-order valence-corrected chi connectivity index (χ2v) is 2.55. The molecule has 1 aromatic rings. The first-order chi connectivity index (χ1) is 6.40. The van der Waals surface area contributed by atoms with Gasteiger partial charge in [0, 0.05) is 0 Å². The lowest BCUT2D eigenvalue weighted by molar-refractivity contribution is -0.128. The molecule has 1 rings (SSSR count). The maximum absolute atomic E-state index is 12.0. The van der Waals surface area contributed by atoms with Crippen LogP contribution in [0.2, 0.25) is 0 Å². The molecule has 76 valence electrons. The van der Waals surface area contributed by atoms with E-state index in [1.54, 1.807) is 0 Å². The molecule has 0 atom stereocenters. The standard InChI is InChI=1S/C7H6F3N3O/c8-7(9,10)3-5-4(6(11)14)1-2-12-13-5/h1-2H,3H2,(H2,11,14). The van der Waals surface area contributed by atoms with Crippen LogP contribution < -0.4 is 5.73 Å². The molecular weight excluding hydrogens is 199 g/mol. The summed E-state index contributed by atoms with van der Waals surface area (Å²) < 4.78 is 35.9. The van der Waals surface area contributed by atoms with Gasteiger partial charge in [0.2, 0.25) is 0 Å². The Balaban J connectivity index is 3.02. The van der Waals surface area contributed by atoms with Gasteiger partial charge in [-0.2, -0.15) is 23.4 Å². The fraction of sp³-hybridized carbons (Fsp3) is 0.286. The van der Waals surface area contributed by atoms with E-state index in [1.807, 2.05) is 0 Å². The van der Waals surface area contributed by atoms with Crippen LogP contribution in [0.25, 0.3) is 0 Å². The van der Waals surface area contributed by atoms with Crippen molar-refractivity contribution in [2.24, 2.45) is 5.73 Å². The van der Waals surface area contributed by atoms with E-state index < -0.39 is 24.2 Å². The average Bonchev–Trinajstić information content (AvgIpc) is 2.01. The van der Waals surface area contributed by atoms with Gasteiger partial charge in [0.05, 0.1) is 23.9 Å². The van der Waals surface area contributed by atoms with E-state index in [1.165, 1.54) is 0 Å². The molecule has 0 fully saturated rings. The molecule has 7 heteroatoms. The topological polar surface area (TPSA) is 68.9 Å². The number of carbonyl (C=O) groups excluding carboxylic acids is 1. The van der Waals surface area contributed by atoms with E-state index in [0.29, 0.717) is 0 Å². The Bertz CT molecular complexity index is 350. The summed E-state index contributed by atoms with van der Waals surface area (Å²) in [5.74, 6) is -0.945. The first-order valence-corrected chi connectivity index (χ1v) is 3.57. The Hall–Kier alpha value is -1.66. The van der Waals surface area contributed by atoms with Crippen molar-refractivity contribution in [3.05, 3.63) is 23.5 Å². The lowest BCUT2D eigenvalue weighted by Gasteiger charge is -2.06. The summed E-state index contributed by atoms with van der Waals surface area (Å²) in [5.41, 5.74) is 4.16. The number of primary amides is 1. The second-order valence-electron chi connectivity index (χ2n) is 2.55. The zero-order valence-electron chi connectivity index (χ0n) is 6.88. The van der Waals surface area contributed by atoms with Crippen LogP contribution >= 0.6 is 0 Å². The Labute approximate surface area is 76.9 Å². The van der Waals surface area contributed by atoms with Crippen molar-refractivity contribution in [2.75, 3.05) is 0 Å². The van der Waals surface area contributed by atoms with Gasteiger partial charge in [-0.05, 0) is 6.07 Å². The summed E-state index contributed by atoms with van der Waals surface area (Å²) >= 11 is 0. The molecule has 4 nitrogen and oxygen atoms in total. The lowest BCUT2D eigenvalue weighted by Crippen LogP contribution is -2.20. The molecular formula is C7H6F3N3O. The molecule has 0 saturated carbocycles. The van der Waals surface area contributed by atoms with E-state index in [4.69, 9.17) is 5.73 Å². The minimum absolute atomic E-state index is 0.252. The van der Waals surface area contributed by atoms with Gasteiger partial charge in [-0.1, -0.05) is 0 Å². The monoisotopic (exact) mass is 205 g/mol. The first kappa shape index (κ1) is 10.4. The SMILES string of the molecule is NC(=O)c1ccnnc1CC(F)(F)F. The zero-order valence-corrected chi connectivity index (χ0v) is 6.88. The zero-order chi connectivity index (χ0) is 10.8. The number of carbonyl (C=O) groups is 1. The number of alkyl halides is 3. The van der Waals surface area contributed by atoms with Crippen LogP contribution in [-0.4, -0.2) is 22.3 Å². The van der Waals surface area contributed by atoms with E-state index in [0.717, 1.165) is 12.3 Å². The molecule has 1 amide bonds. The van der Waals surface area contributed by atoms with Gasteiger partial charge >= 0.3 is 6.18 Å². The van der Waals surface area contributed by atoms with Crippen LogP contribution in [0.1, 0.15) is 16.1 Å². The highest BCUT2D eigenvalue weighted by atomic mass is 19.4. The van der Waals surface area contributed by atoms with E-state index in [2.05, 4.69) is 10.2 Å². The third-order valence-electron chi connectivity index (χ3n) is 1.43. The third-order valence-corrected chi connectivity index (χ3v) is 1.43. The highest BCUT2D eigenvalue weighted by Crippen LogP contribution is 2.21.